The first-order chi connectivity index (χ1) is 9.95. The molecular formula is C16H20N3OSi. The zero-order chi connectivity index (χ0) is 15.4. The Balaban J connectivity index is 2.39. The van der Waals surface area contributed by atoms with E-state index in [-0.39, 0.29) is 0 Å². The summed E-state index contributed by atoms with van der Waals surface area (Å²) in [6.07, 6.45) is 1.75. The molecule has 0 amide bonds. The lowest BCUT2D eigenvalue weighted by atomic mass is 10.2. The molecule has 2 rings (SSSR count). The summed E-state index contributed by atoms with van der Waals surface area (Å²) in [5.74, 6) is 1.49. The van der Waals surface area contributed by atoms with Gasteiger partial charge in [-0.25, -0.2) is 15.0 Å². The van der Waals surface area contributed by atoms with Gasteiger partial charge in [0, 0.05) is 11.9 Å². The van der Waals surface area contributed by atoms with Crippen LogP contribution in [0.4, 0.5) is 5.69 Å². The smallest absolute Gasteiger partial charge is 0.274 e. The van der Waals surface area contributed by atoms with Gasteiger partial charge in [-0.1, -0.05) is 6.07 Å². The third kappa shape index (κ3) is 4.22. The Hall–Kier alpha value is -2.01. The second-order valence-corrected chi connectivity index (χ2v) is 7.22. The third-order valence-corrected chi connectivity index (χ3v) is 3.46. The summed E-state index contributed by atoms with van der Waals surface area (Å²) in [7, 11) is -0.832. The van der Waals surface area contributed by atoms with Crippen molar-refractivity contribution in [3.63, 3.8) is 0 Å². The number of aliphatic imine (C=N–C) groups is 1. The lowest BCUT2D eigenvalue weighted by Gasteiger charge is -2.12. The number of aromatic nitrogens is 2. The molecular weight excluding hydrogens is 278 g/mol. The Morgan fingerprint density at radius 3 is 2.62 bits per heavy atom. The van der Waals surface area contributed by atoms with Gasteiger partial charge >= 0.3 is 0 Å². The van der Waals surface area contributed by atoms with Gasteiger partial charge in [0.05, 0.1) is 5.71 Å². The van der Waals surface area contributed by atoms with Gasteiger partial charge in [-0.3, -0.25) is 0 Å². The van der Waals surface area contributed by atoms with Gasteiger partial charge in [-0.2, -0.15) is 0 Å². The highest BCUT2D eigenvalue weighted by Crippen LogP contribution is 2.29. The highest BCUT2D eigenvalue weighted by atomic mass is 28.3. The van der Waals surface area contributed by atoms with Gasteiger partial charge in [0.25, 0.3) is 9.04 Å². The molecule has 0 unspecified atom stereocenters. The van der Waals surface area contributed by atoms with E-state index in [2.05, 4.69) is 35.0 Å². The number of nitrogens with zero attached hydrogens (tertiary/aromatic N) is 3. The summed E-state index contributed by atoms with van der Waals surface area (Å²) in [6.45, 7) is 10.1. The standard InChI is InChI=1S/C16H20N3OSi/c1-11-6-7-14(15(10-11)20-21(4)5)19-13(3)16-17-9-8-12(2)18-16/h6-10H,1-5H3. The molecule has 1 radical (unpaired) electrons. The van der Waals surface area contributed by atoms with Crippen LogP contribution in [0.15, 0.2) is 35.5 Å². The van der Waals surface area contributed by atoms with E-state index in [1.807, 2.05) is 38.1 Å². The zero-order valence-electron chi connectivity index (χ0n) is 13.1. The van der Waals surface area contributed by atoms with Gasteiger partial charge in [-0.05, 0) is 57.6 Å². The van der Waals surface area contributed by atoms with Gasteiger partial charge in [-0.15, -0.1) is 0 Å². The Kier molecular flexibility index (Phi) is 4.85. The fraction of sp³-hybridized carbons (Fsp3) is 0.312. The predicted octanol–water partition coefficient (Wildman–Crippen LogP) is 3.86. The highest BCUT2D eigenvalue weighted by molar-refractivity contribution is 6.49. The number of rotatable bonds is 4. The second kappa shape index (κ2) is 6.63. The third-order valence-electron chi connectivity index (χ3n) is 2.84. The van der Waals surface area contributed by atoms with Crippen molar-refractivity contribution in [2.45, 2.75) is 33.9 Å². The molecule has 21 heavy (non-hydrogen) atoms. The maximum atomic E-state index is 5.94. The molecule has 0 aliphatic rings. The van der Waals surface area contributed by atoms with Crippen LogP contribution in [0.3, 0.4) is 0 Å². The predicted molar refractivity (Wildman–Crippen MR) is 87.9 cm³/mol. The van der Waals surface area contributed by atoms with E-state index < -0.39 is 9.04 Å². The summed E-state index contributed by atoms with van der Waals surface area (Å²) < 4.78 is 5.94. The fourth-order valence-corrected chi connectivity index (χ4v) is 2.47. The lowest BCUT2D eigenvalue weighted by Crippen LogP contribution is -2.11. The molecule has 0 aliphatic heterocycles. The summed E-state index contributed by atoms with van der Waals surface area (Å²) in [5, 5.41) is 0. The molecule has 0 spiro atoms. The molecule has 4 nitrogen and oxygen atoms in total. The second-order valence-electron chi connectivity index (χ2n) is 5.20. The van der Waals surface area contributed by atoms with Crippen LogP contribution in [0.5, 0.6) is 5.75 Å². The van der Waals surface area contributed by atoms with Crippen LogP contribution < -0.4 is 4.43 Å². The number of aryl methyl sites for hydroxylation is 2. The van der Waals surface area contributed by atoms with Crippen molar-refractivity contribution >= 4 is 20.4 Å². The quantitative estimate of drug-likeness (QED) is 0.636. The van der Waals surface area contributed by atoms with Crippen LogP contribution >= 0.6 is 0 Å². The topological polar surface area (TPSA) is 47.4 Å². The minimum absolute atomic E-state index is 0.653. The van der Waals surface area contributed by atoms with E-state index >= 15 is 0 Å². The molecule has 1 aromatic heterocycles. The van der Waals surface area contributed by atoms with Crippen molar-refractivity contribution in [1.82, 2.24) is 9.97 Å². The van der Waals surface area contributed by atoms with Gasteiger partial charge < -0.3 is 4.43 Å². The van der Waals surface area contributed by atoms with Crippen LogP contribution in [-0.2, 0) is 0 Å². The first kappa shape index (κ1) is 15.4. The highest BCUT2D eigenvalue weighted by Gasteiger charge is 2.09. The van der Waals surface area contributed by atoms with E-state index in [1.54, 1.807) is 6.20 Å². The molecule has 0 fully saturated rings. The lowest BCUT2D eigenvalue weighted by molar-refractivity contribution is 0.581. The van der Waals surface area contributed by atoms with Gasteiger partial charge in [0.2, 0.25) is 0 Å². The summed E-state index contributed by atoms with van der Waals surface area (Å²) in [5.41, 5.74) is 3.71. The minimum atomic E-state index is -0.832. The molecule has 2 aromatic rings. The molecule has 1 aromatic carbocycles. The minimum Gasteiger partial charge on any atom is -0.541 e. The average Bonchev–Trinajstić information content (AvgIpc) is 2.41. The maximum Gasteiger partial charge on any atom is 0.274 e. The summed E-state index contributed by atoms with van der Waals surface area (Å²) >= 11 is 0. The molecule has 0 aliphatic carbocycles. The monoisotopic (exact) mass is 298 g/mol. The van der Waals surface area contributed by atoms with Crippen molar-refractivity contribution in [3.05, 3.63) is 47.5 Å². The van der Waals surface area contributed by atoms with Crippen LogP contribution in [0.2, 0.25) is 13.1 Å². The Morgan fingerprint density at radius 2 is 1.95 bits per heavy atom. The molecule has 0 bridgehead atoms. The van der Waals surface area contributed by atoms with Crippen LogP contribution in [0, 0.1) is 13.8 Å². The van der Waals surface area contributed by atoms with Crippen molar-refractivity contribution in [3.8, 4) is 5.75 Å². The molecule has 0 saturated heterocycles. The van der Waals surface area contributed by atoms with Crippen LogP contribution in [0.25, 0.3) is 0 Å². The van der Waals surface area contributed by atoms with E-state index in [0.29, 0.717) is 5.82 Å². The van der Waals surface area contributed by atoms with Crippen molar-refractivity contribution in [2.24, 2.45) is 4.99 Å². The van der Waals surface area contributed by atoms with E-state index in [4.69, 9.17) is 4.43 Å². The van der Waals surface area contributed by atoms with Crippen molar-refractivity contribution in [1.29, 1.82) is 0 Å². The van der Waals surface area contributed by atoms with Crippen molar-refractivity contribution < 1.29 is 4.43 Å². The molecule has 0 atom stereocenters. The Bertz CT molecular complexity index is 668. The first-order valence-corrected chi connectivity index (χ1v) is 9.30. The number of hydrogen-bond acceptors (Lipinski definition) is 4. The molecule has 0 saturated carbocycles. The molecule has 109 valence electrons. The van der Waals surface area contributed by atoms with E-state index in [9.17, 15) is 0 Å². The van der Waals surface area contributed by atoms with Crippen LogP contribution in [-0.4, -0.2) is 24.7 Å². The summed E-state index contributed by atoms with van der Waals surface area (Å²) in [6, 6.07) is 7.92. The van der Waals surface area contributed by atoms with Crippen molar-refractivity contribution in [2.75, 3.05) is 0 Å². The number of hydrogen-bond donors (Lipinski definition) is 0. The molecule has 5 heteroatoms. The SMILES string of the molecule is CC(=Nc1ccc(C)cc1O[Si](C)C)c1nccc(C)n1. The number of benzene rings is 1. The largest absolute Gasteiger partial charge is 0.541 e. The zero-order valence-corrected chi connectivity index (χ0v) is 14.1. The average molecular weight is 298 g/mol. The Morgan fingerprint density at radius 1 is 1.19 bits per heavy atom. The van der Waals surface area contributed by atoms with Gasteiger partial charge in [0.1, 0.15) is 11.4 Å². The van der Waals surface area contributed by atoms with E-state index in [1.165, 1.54) is 0 Å². The molecule has 0 N–H and O–H groups in total. The normalized spacial score (nSPS) is 11.8. The maximum absolute atomic E-state index is 5.94. The molecule has 1 heterocycles. The first-order valence-electron chi connectivity index (χ1n) is 6.89. The van der Waals surface area contributed by atoms with Gasteiger partial charge in [0.15, 0.2) is 5.82 Å². The Labute approximate surface area is 127 Å². The van der Waals surface area contributed by atoms with E-state index in [0.717, 1.165) is 28.4 Å². The summed E-state index contributed by atoms with van der Waals surface area (Å²) in [4.78, 5) is 13.3. The van der Waals surface area contributed by atoms with Crippen LogP contribution in [0.1, 0.15) is 24.0 Å². The fourth-order valence-electron chi connectivity index (χ4n) is 1.87.